The van der Waals surface area contributed by atoms with E-state index in [-0.39, 0.29) is 18.1 Å². The molecule has 0 atom stereocenters. The monoisotopic (exact) mass is 406 g/mol. The average Bonchev–Trinajstić information content (AvgIpc) is 2.73. The van der Waals surface area contributed by atoms with E-state index in [1.165, 1.54) is 46.6 Å². The van der Waals surface area contributed by atoms with Crippen molar-refractivity contribution in [2.75, 3.05) is 28.4 Å². The molecule has 0 spiro atoms. The van der Waals surface area contributed by atoms with E-state index in [0.717, 1.165) is 5.56 Å². The number of aliphatic imine (C=N–C) groups is 1. The minimum absolute atomic E-state index is 0.0826. The lowest BCUT2D eigenvalue weighted by Gasteiger charge is -2.14. The molecule has 0 bridgehead atoms. The third kappa shape index (κ3) is 5.34. The van der Waals surface area contributed by atoms with Crippen molar-refractivity contribution >= 4 is 11.7 Å². The smallest absolute Gasteiger partial charge is 0.212 e. The zero-order chi connectivity index (χ0) is 21.4. The molecule has 2 N–H and O–H groups in total. The third-order valence-corrected chi connectivity index (χ3v) is 4.13. The first-order valence-corrected chi connectivity index (χ1v) is 8.69. The summed E-state index contributed by atoms with van der Waals surface area (Å²) in [6, 6.07) is 7.22. The van der Waals surface area contributed by atoms with Crippen molar-refractivity contribution in [1.82, 2.24) is 10.7 Å². The number of rotatable bonds is 7. The molecule has 0 radical (unpaired) electrons. The van der Waals surface area contributed by atoms with Gasteiger partial charge in [-0.3, -0.25) is 4.99 Å². The second-order valence-electron chi connectivity index (χ2n) is 5.85. The van der Waals surface area contributed by atoms with Crippen molar-refractivity contribution in [3.63, 3.8) is 0 Å². The van der Waals surface area contributed by atoms with Crippen molar-refractivity contribution in [1.29, 1.82) is 0 Å². The van der Waals surface area contributed by atoms with Gasteiger partial charge in [0, 0.05) is 24.7 Å². The molecule has 0 amide bonds. The van der Waals surface area contributed by atoms with Gasteiger partial charge >= 0.3 is 0 Å². The molecule has 0 aliphatic heterocycles. The molecule has 9 heteroatoms. The Bertz CT molecular complexity index is 871. The van der Waals surface area contributed by atoms with Crippen LogP contribution in [0.1, 0.15) is 18.1 Å². The molecule has 0 unspecified atom stereocenters. The van der Waals surface area contributed by atoms with Crippen LogP contribution in [0.15, 0.2) is 40.4 Å². The van der Waals surface area contributed by atoms with E-state index in [1.807, 2.05) is 0 Å². The lowest BCUT2D eigenvalue weighted by molar-refractivity contribution is 0.324. The first-order valence-electron chi connectivity index (χ1n) is 8.69. The maximum absolute atomic E-state index is 13.7. The highest BCUT2D eigenvalue weighted by Gasteiger charge is 2.14. The zero-order valence-corrected chi connectivity index (χ0v) is 17.0. The molecule has 156 valence electrons. The van der Waals surface area contributed by atoms with E-state index in [2.05, 4.69) is 20.8 Å². The van der Waals surface area contributed by atoms with Gasteiger partial charge in [-0.25, -0.2) is 14.2 Å². The molecule has 0 aliphatic rings. The summed E-state index contributed by atoms with van der Waals surface area (Å²) in [6.07, 6.45) is 0. The number of hydrazone groups is 1. The molecule has 2 aromatic carbocycles. The topological polar surface area (TPSA) is 76.5 Å². The second-order valence-corrected chi connectivity index (χ2v) is 5.85. The molecule has 0 aromatic heterocycles. The molecule has 0 fully saturated rings. The Hall–Kier alpha value is -3.36. The molecule has 0 heterocycles. The van der Waals surface area contributed by atoms with E-state index >= 15 is 0 Å². The largest absolute Gasteiger partial charge is 0.493 e. The summed E-state index contributed by atoms with van der Waals surface area (Å²) in [5, 5.41) is 7.08. The number of halogens is 2. The first-order chi connectivity index (χ1) is 13.9. The van der Waals surface area contributed by atoms with Crippen molar-refractivity contribution in [2.45, 2.75) is 13.5 Å². The first kappa shape index (κ1) is 21.9. The fraction of sp³-hybridized carbons (Fsp3) is 0.300. The number of benzene rings is 2. The van der Waals surface area contributed by atoms with Gasteiger partial charge in [0.25, 0.3) is 0 Å². The number of hydrogen-bond donors (Lipinski definition) is 2. The molecule has 0 saturated carbocycles. The number of nitrogens with one attached hydrogen (secondary N) is 2. The lowest BCUT2D eigenvalue weighted by atomic mass is 10.1. The van der Waals surface area contributed by atoms with Crippen LogP contribution in [-0.4, -0.2) is 40.0 Å². The number of nitrogens with zero attached hydrogens (tertiary/aromatic N) is 2. The van der Waals surface area contributed by atoms with Crippen LogP contribution in [0.4, 0.5) is 8.78 Å². The Kier molecular flexibility index (Phi) is 7.76. The molecule has 2 rings (SSSR count). The van der Waals surface area contributed by atoms with E-state index in [9.17, 15) is 8.78 Å². The Morgan fingerprint density at radius 3 is 2.07 bits per heavy atom. The Balaban J connectivity index is 2.15. The Labute approximate surface area is 168 Å². The van der Waals surface area contributed by atoms with E-state index < -0.39 is 11.6 Å². The summed E-state index contributed by atoms with van der Waals surface area (Å²) in [6.45, 7) is 1.69. The predicted molar refractivity (Wildman–Crippen MR) is 108 cm³/mol. The highest BCUT2D eigenvalue weighted by molar-refractivity contribution is 6.00. The van der Waals surface area contributed by atoms with Crippen LogP contribution in [0.5, 0.6) is 17.2 Å². The van der Waals surface area contributed by atoms with Gasteiger partial charge in [0.15, 0.2) is 11.5 Å². The molecule has 7 nitrogen and oxygen atoms in total. The van der Waals surface area contributed by atoms with Crippen LogP contribution in [-0.2, 0) is 6.54 Å². The minimum Gasteiger partial charge on any atom is -0.493 e. The molecule has 0 saturated heterocycles. The van der Waals surface area contributed by atoms with E-state index in [1.54, 1.807) is 19.1 Å². The predicted octanol–water partition coefficient (Wildman–Crippen LogP) is 3.08. The van der Waals surface area contributed by atoms with Crippen molar-refractivity contribution in [3.8, 4) is 17.2 Å². The quantitative estimate of drug-likeness (QED) is 0.420. The fourth-order valence-electron chi connectivity index (χ4n) is 2.53. The van der Waals surface area contributed by atoms with Crippen LogP contribution in [0.25, 0.3) is 0 Å². The standard InChI is InChI=1S/C20H24F2N4O3/c1-12(13-9-17(27-3)19(29-5)18(10-13)28-4)25-26-20(23-2)24-11-14-15(21)7-6-8-16(14)22/h6-10H,11H2,1-5H3,(H2,23,24,26). The van der Waals surface area contributed by atoms with Crippen LogP contribution in [0.2, 0.25) is 0 Å². The number of methoxy groups -OCH3 is 3. The lowest BCUT2D eigenvalue weighted by Crippen LogP contribution is -2.34. The van der Waals surface area contributed by atoms with E-state index in [0.29, 0.717) is 23.0 Å². The fourth-order valence-corrected chi connectivity index (χ4v) is 2.53. The maximum atomic E-state index is 13.7. The number of hydrogen-bond acceptors (Lipinski definition) is 5. The van der Waals surface area contributed by atoms with Gasteiger partial charge in [0.1, 0.15) is 11.6 Å². The van der Waals surface area contributed by atoms with E-state index in [4.69, 9.17) is 14.2 Å². The van der Waals surface area contributed by atoms with Gasteiger partial charge in [-0.1, -0.05) is 6.07 Å². The van der Waals surface area contributed by atoms with Crippen molar-refractivity contribution < 1.29 is 23.0 Å². The SMILES string of the molecule is CN=C(NCc1c(F)cccc1F)NN=C(C)c1cc(OC)c(OC)c(OC)c1. The summed E-state index contributed by atoms with van der Waals surface area (Å²) in [7, 11) is 6.10. The van der Waals surface area contributed by atoms with Gasteiger partial charge in [0.2, 0.25) is 11.7 Å². The number of guanidine groups is 1. The average molecular weight is 406 g/mol. The summed E-state index contributed by atoms with van der Waals surface area (Å²) < 4.78 is 43.5. The van der Waals surface area contributed by atoms with Crippen LogP contribution in [0, 0.1) is 11.6 Å². The highest BCUT2D eigenvalue weighted by Crippen LogP contribution is 2.38. The second kappa shape index (κ2) is 10.3. The number of ether oxygens (including phenoxy) is 3. The molecular formula is C20H24F2N4O3. The van der Waals surface area contributed by atoms with Gasteiger partial charge in [0.05, 0.1) is 27.0 Å². The van der Waals surface area contributed by atoms with Crippen molar-refractivity contribution in [3.05, 3.63) is 53.1 Å². The zero-order valence-electron chi connectivity index (χ0n) is 17.0. The summed E-state index contributed by atoms with van der Waals surface area (Å²) in [5.74, 6) is 0.446. The summed E-state index contributed by atoms with van der Waals surface area (Å²) >= 11 is 0. The van der Waals surface area contributed by atoms with Crippen LogP contribution in [0.3, 0.4) is 0 Å². The molecule has 29 heavy (non-hydrogen) atoms. The van der Waals surface area contributed by atoms with Gasteiger partial charge in [-0.05, 0) is 31.2 Å². The summed E-state index contributed by atoms with van der Waals surface area (Å²) in [5.41, 5.74) is 3.99. The molecule has 2 aromatic rings. The Morgan fingerprint density at radius 1 is 1.00 bits per heavy atom. The van der Waals surface area contributed by atoms with Gasteiger partial charge in [-0.2, -0.15) is 5.10 Å². The summed E-state index contributed by atoms with van der Waals surface area (Å²) in [4.78, 5) is 4.00. The Morgan fingerprint density at radius 2 is 1.59 bits per heavy atom. The van der Waals surface area contributed by atoms with Crippen LogP contribution < -0.4 is 25.0 Å². The third-order valence-electron chi connectivity index (χ3n) is 4.13. The maximum Gasteiger partial charge on any atom is 0.212 e. The normalized spacial score (nSPS) is 11.8. The van der Waals surface area contributed by atoms with Crippen molar-refractivity contribution in [2.24, 2.45) is 10.1 Å². The minimum atomic E-state index is -0.634. The molecule has 0 aliphatic carbocycles. The van der Waals surface area contributed by atoms with Crippen LogP contribution >= 0.6 is 0 Å². The van der Waals surface area contributed by atoms with Gasteiger partial charge in [-0.15, -0.1) is 0 Å². The highest BCUT2D eigenvalue weighted by atomic mass is 19.1. The van der Waals surface area contributed by atoms with Gasteiger partial charge < -0.3 is 19.5 Å². The molecular weight excluding hydrogens is 382 g/mol.